The van der Waals surface area contributed by atoms with Crippen molar-refractivity contribution in [3.63, 3.8) is 0 Å². The lowest BCUT2D eigenvalue weighted by molar-refractivity contribution is 0.733. The van der Waals surface area contributed by atoms with Crippen LogP contribution in [0.3, 0.4) is 0 Å². The molecule has 0 aliphatic carbocycles. The quantitative estimate of drug-likeness (QED) is 0.607. The highest BCUT2D eigenvalue weighted by molar-refractivity contribution is 8.00. The van der Waals surface area contributed by atoms with Crippen molar-refractivity contribution in [3.05, 3.63) is 45.4 Å². The van der Waals surface area contributed by atoms with E-state index >= 15 is 0 Å². The predicted molar refractivity (Wildman–Crippen MR) is 99.3 cm³/mol. The van der Waals surface area contributed by atoms with Gasteiger partial charge in [-0.2, -0.15) is 0 Å². The highest BCUT2D eigenvalue weighted by Crippen LogP contribution is 2.32. The Bertz CT molecular complexity index is 778. The summed E-state index contributed by atoms with van der Waals surface area (Å²) in [7, 11) is 0. The van der Waals surface area contributed by atoms with Crippen LogP contribution in [0.25, 0.3) is 5.69 Å². The zero-order valence-corrected chi connectivity index (χ0v) is 15.7. The van der Waals surface area contributed by atoms with Gasteiger partial charge in [0.05, 0.1) is 16.3 Å². The molecule has 2 heterocycles. The second kappa shape index (κ2) is 6.73. The molecule has 0 saturated heterocycles. The number of aromatic nitrogens is 2. The van der Waals surface area contributed by atoms with Gasteiger partial charge in [-0.3, -0.25) is 9.36 Å². The van der Waals surface area contributed by atoms with Crippen molar-refractivity contribution in [1.29, 1.82) is 0 Å². The molecule has 1 aromatic carbocycles. The molecule has 1 aromatic heterocycles. The average Bonchev–Trinajstić information content (AvgIpc) is 2.94. The number of nitrogens with zero attached hydrogens (tertiary/aromatic N) is 2. The number of fused-ring (bicyclic) bond motifs is 1. The molecular weight excluding hydrogens is 324 g/mol. The van der Waals surface area contributed by atoms with Crippen LogP contribution in [-0.2, 0) is 6.42 Å². The van der Waals surface area contributed by atoms with Crippen molar-refractivity contribution >= 4 is 23.5 Å². The summed E-state index contributed by atoms with van der Waals surface area (Å²) < 4.78 is 1.81. The maximum Gasteiger partial charge on any atom is 0.272 e. The Morgan fingerprint density at radius 1 is 1.30 bits per heavy atom. The maximum absolute atomic E-state index is 13.1. The number of aryl methyl sites for hydroxylation is 3. The number of thioether (sulfide) groups is 2. The molecule has 0 bridgehead atoms. The van der Waals surface area contributed by atoms with Gasteiger partial charge in [-0.05, 0) is 43.5 Å². The smallest absolute Gasteiger partial charge is 0.268 e. The van der Waals surface area contributed by atoms with Crippen LogP contribution < -0.4 is 5.56 Å². The Kier molecular flexibility index (Phi) is 4.87. The van der Waals surface area contributed by atoms with Gasteiger partial charge in [0.15, 0.2) is 5.16 Å². The molecule has 0 saturated carbocycles. The van der Waals surface area contributed by atoms with E-state index in [-0.39, 0.29) is 5.56 Å². The molecule has 5 heteroatoms. The lowest BCUT2D eigenvalue weighted by atomic mass is 10.1. The number of rotatable bonds is 4. The summed E-state index contributed by atoms with van der Waals surface area (Å²) >= 11 is 3.34. The van der Waals surface area contributed by atoms with E-state index in [1.165, 1.54) is 11.1 Å². The molecule has 2 aromatic rings. The van der Waals surface area contributed by atoms with Crippen LogP contribution in [0.1, 0.15) is 37.1 Å². The van der Waals surface area contributed by atoms with Crippen LogP contribution in [0.4, 0.5) is 0 Å². The first-order chi connectivity index (χ1) is 11.0. The van der Waals surface area contributed by atoms with Crippen molar-refractivity contribution in [2.75, 3.05) is 5.75 Å². The van der Waals surface area contributed by atoms with Gasteiger partial charge in [0.2, 0.25) is 0 Å². The monoisotopic (exact) mass is 346 g/mol. The molecule has 1 aliphatic heterocycles. The Labute approximate surface area is 145 Å². The second-order valence-electron chi connectivity index (χ2n) is 6.09. The average molecular weight is 347 g/mol. The van der Waals surface area contributed by atoms with Gasteiger partial charge in [0.25, 0.3) is 5.56 Å². The fraction of sp³-hybridized carbons (Fsp3) is 0.444. The standard InChI is InChI=1S/C18H22N2OS2/c1-5-13(4)23-18-19-15-6-7-22-16(15)17(21)20(18)14-9-11(2)8-12(3)10-14/h8-10,13H,5-7H2,1-4H3. The molecule has 1 unspecified atom stereocenters. The topological polar surface area (TPSA) is 34.9 Å². The maximum atomic E-state index is 13.1. The summed E-state index contributed by atoms with van der Waals surface area (Å²) in [5.41, 5.74) is 4.33. The van der Waals surface area contributed by atoms with Crippen molar-refractivity contribution in [2.45, 2.75) is 55.8 Å². The van der Waals surface area contributed by atoms with Crippen LogP contribution in [0, 0.1) is 13.8 Å². The summed E-state index contributed by atoms with van der Waals surface area (Å²) in [4.78, 5) is 18.7. The zero-order valence-electron chi connectivity index (χ0n) is 14.0. The third-order valence-corrected chi connectivity index (χ3v) is 6.34. The molecule has 0 radical (unpaired) electrons. The predicted octanol–water partition coefficient (Wildman–Crippen LogP) is 4.39. The molecule has 3 nitrogen and oxygen atoms in total. The summed E-state index contributed by atoms with van der Waals surface area (Å²) in [6.45, 7) is 8.49. The normalized spacial score (nSPS) is 14.8. The Hall–Kier alpha value is -1.20. The third-order valence-electron chi connectivity index (χ3n) is 4.01. The highest BCUT2D eigenvalue weighted by atomic mass is 32.2. The largest absolute Gasteiger partial charge is 0.272 e. The van der Waals surface area contributed by atoms with Gasteiger partial charge in [-0.1, -0.05) is 31.7 Å². The van der Waals surface area contributed by atoms with E-state index in [9.17, 15) is 4.79 Å². The number of hydrogen-bond acceptors (Lipinski definition) is 4. The molecule has 122 valence electrons. The third kappa shape index (κ3) is 3.36. The summed E-state index contributed by atoms with van der Waals surface area (Å²) in [6, 6.07) is 6.27. The minimum absolute atomic E-state index is 0.0910. The Balaban J connectivity index is 2.22. The first kappa shape index (κ1) is 16.7. The van der Waals surface area contributed by atoms with Crippen LogP contribution in [0.2, 0.25) is 0 Å². The van der Waals surface area contributed by atoms with Gasteiger partial charge in [0, 0.05) is 17.4 Å². The highest BCUT2D eigenvalue weighted by Gasteiger charge is 2.23. The molecule has 0 N–H and O–H groups in total. The van der Waals surface area contributed by atoms with Gasteiger partial charge < -0.3 is 0 Å². The van der Waals surface area contributed by atoms with Crippen molar-refractivity contribution in [1.82, 2.24) is 9.55 Å². The van der Waals surface area contributed by atoms with E-state index in [0.717, 1.165) is 40.0 Å². The van der Waals surface area contributed by atoms with E-state index in [0.29, 0.717) is 5.25 Å². The fourth-order valence-electron chi connectivity index (χ4n) is 2.74. The zero-order chi connectivity index (χ0) is 16.6. The second-order valence-corrected chi connectivity index (χ2v) is 8.60. The summed E-state index contributed by atoms with van der Waals surface area (Å²) in [5.74, 6) is 0.960. The summed E-state index contributed by atoms with van der Waals surface area (Å²) in [6.07, 6.45) is 1.95. The van der Waals surface area contributed by atoms with Crippen molar-refractivity contribution in [2.24, 2.45) is 0 Å². The van der Waals surface area contributed by atoms with E-state index in [2.05, 4.69) is 45.9 Å². The Morgan fingerprint density at radius 2 is 2.00 bits per heavy atom. The number of hydrogen-bond donors (Lipinski definition) is 0. The van der Waals surface area contributed by atoms with Crippen LogP contribution >= 0.6 is 23.5 Å². The van der Waals surface area contributed by atoms with Crippen LogP contribution in [0.5, 0.6) is 0 Å². The van der Waals surface area contributed by atoms with E-state index in [4.69, 9.17) is 4.98 Å². The molecule has 1 atom stereocenters. The molecule has 3 rings (SSSR count). The molecular formula is C18H22N2OS2. The molecule has 0 fully saturated rings. The van der Waals surface area contributed by atoms with Crippen molar-refractivity contribution in [3.8, 4) is 5.69 Å². The molecule has 23 heavy (non-hydrogen) atoms. The lowest BCUT2D eigenvalue weighted by Gasteiger charge is -2.17. The van der Waals surface area contributed by atoms with Gasteiger partial charge in [-0.25, -0.2) is 4.98 Å². The number of benzene rings is 1. The SMILES string of the molecule is CCC(C)Sc1nc2c(c(=O)n1-c1cc(C)cc(C)c1)SCC2. The van der Waals surface area contributed by atoms with Crippen LogP contribution in [0.15, 0.2) is 33.0 Å². The summed E-state index contributed by atoms with van der Waals surface area (Å²) in [5, 5.41) is 1.27. The van der Waals surface area contributed by atoms with Gasteiger partial charge in [0.1, 0.15) is 0 Å². The minimum Gasteiger partial charge on any atom is -0.268 e. The van der Waals surface area contributed by atoms with E-state index in [1.54, 1.807) is 23.5 Å². The first-order valence-corrected chi connectivity index (χ1v) is 9.90. The molecule has 1 aliphatic rings. The van der Waals surface area contributed by atoms with E-state index < -0.39 is 0 Å². The van der Waals surface area contributed by atoms with Gasteiger partial charge >= 0.3 is 0 Å². The fourth-order valence-corrected chi connectivity index (χ4v) is 4.75. The minimum atomic E-state index is 0.0910. The van der Waals surface area contributed by atoms with Crippen LogP contribution in [-0.4, -0.2) is 20.6 Å². The molecule has 0 spiro atoms. The molecule has 0 amide bonds. The van der Waals surface area contributed by atoms with Crippen molar-refractivity contribution < 1.29 is 0 Å². The van der Waals surface area contributed by atoms with Gasteiger partial charge in [-0.15, -0.1) is 11.8 Å². The lowest BCUT2D eigenvalue weighted by Crippen LogP contribution is -2.24. The first-order valence-electron chi connectivity index (χ1n) is 8.03. The Morgan fingerprint density at radius 3 is 2.65 bits per heavy atom. The van der Waals surface area contributed by atoms with E-state index in [1.807, 2.05) is 4.57 Å².